The highest BCUT2D eigenvalue weighted by Gasteiger charge is 2.04. The summed E-state index contributed by atoms with van der Waals surface area (Å²) in [5.41, 5.74) is 0. The van der Waals surface area contributed by atoms with Gasteiger partial charge in [-0.25, -0.2) is 0 Å². The highest BCUT2D eigenvalue weighted by atomic mass is 17.0. The van der Waals surface area contributed by atoms with Crippen molar-refractivity contribution in [1.82, 2.24) is 0 Å². The average Bonchev–Trinajstić information content (AvgIpc) is 2.04. The molecule has 5 heteroatoms. The van der Waals surface area contributed by atoms with E-state index in [-0.39, 0.29) is 5.75 Å². The lowest BCUT2D eigenvalue weighted by Crippen LogP contribution is -2.04. The van der Waals surface area contributed by atoms with Gasteiger partial charge >= 0.3 is 0 Å². The maximum Gasteiger partial charge on any atom is 0.299 e. The third-order valence-electron chi connectivity index (χ3n) is 1.24. The molecule has 1 aromatic carbocycles. The van der Waals surface area contributed by atoms with E-state index >= 15 is 0 Å². The van der Waals surface area contributed by atoms with E-state index in [0.717, 1.165) is 0 Å². The summed E-state index contributed by atoms with van der Waals surface area (Å²) < 4.78 is 4.82. The SMILES string of the molecule is COc1ccccc1O[N+](=O)[O-]. The van der Waals surface area contributed by atoms with E-state index in [1.807, 2.05) is 0 Å². The molecule has 1 aromatic rings. The van der Waals surface area contributed by atoms with Crippen LogP contribution in [-0.2, 0) is 0 Å². The summed E-state index contributed by atoms with van der Waals surface area (Å²) in [5.74, 6) is 0.444. The molecule has 0 spiro atoms. The second-order valence-corrected chi connectivity index (χ2v) is 1.97. The first-order valence-electron chi connectivity index (χ1n) is 3.19. The van der Waals surface area contributed by atoms with E-state index in [9.17, 15) is 10.1 Å². The maximum absolute atomic E-state index is 9.96. The van der Waals surface area contributed by atoms with Gasteiger partial charge in [-0.1, -0.05) is 12.1 Å². The van der Waals surface area contributed by atoms with Gasteiger partial charge < -0.3 is 4.74 Å². The van der Waals surface area contributed by atoms with Crippen LogP contribution in [0.4, 0.5) is 0 Å². The van der Waals surface area contributed by atoms with E-state index in [0.29, 0.717) is 5.75 Å². The Hall–Kier alpha value is -1.78. The molecule has 0 unspecified atom stereocenters. The molecular weight excluding hydrogens is 162 g/mol. The molecule has 0 N–H and O–H groups in total. The van der Waals surface area contributed by atoms with Crippen molar-refractivity contribution in [2.45, 2.75) is 0 Å². The molecule has 0 aliphatic carbocycles. The molecule has 0 atom stereocenters. The van der Waals surface area contributed by atoms with Crippen molar-refractivity contribution in [2.75, 3.05) is 7.11 Å². The number of ether oxygens (including phenoxy) is 1. The second-order valence-electron chi connectivity index (χ2n) is 1.97. The lowest BCUT2D eigenvalue weighted by molar-refractivity contribution is -0.711. The summed E-state index contributed by atoms with van der Waals surface area (Å²) in [6.45, 7) is 0. The van der Waals surface area contributed by atoms with Crippen molar-refractivity contribution in [1.29, 1.82) is 0 Å². The third kappa shape index (κ3) is 1.85. The van der Waals surface area contributed by atoms with Crippen LogP contribution < -0.4 is 9.57 Å². The predicted molar refractivity (Wildman–Crippen MR) is 40.6 cm³/mol. The Morgan fingerprint density at radius 2 is 1.92 bits per heavy atom. The highest BCUT2D eigenvalue weighted by molar-refractivity contribution is 5.38. The van der Waals surface area contributed by atoms with Gasteiger partial charge in [0.15, 0.2) is 5.75 Å². The normalized spacial score (nSPS) is 9.08. The molecule has 0 amide bonds. The van der Waals surface area contributed by atoms with E-state index in [1.165, 1.54) is 13.2 Å². The quantitative estimate of drug-likeness (QED) is 0.504. The van der Waals surface area contributed by atoms with Crippen LogP contribution in [0.5, 0.6) is 11.5 Å². The topological polar surface area (TPSA) is 61.6 Å². The summed E-state index contributed by atoms with van der Waals surface area (Å²) >= 11 is 0. The molecule has 0 aliphatic rings. The third-order valence-corrected chi connectivity index (χ3v) is 1.24. The Bertz CT molecular complexity index is 286. The van der Waals surface area contributed by atoms with Crippen molar-refractivity contribution in [3.8, 4) is 11.5 Å². The largest absolute Gasteiger partial charge is 0.494 e. The Kier molecular flexibility index (Phi) is 2.47. The Morgan fingerprint density at radius 3 is 2.42 bits per heavy atom. The fraction of sp³-hybridized carbons (Fsp3) is 0.143. The summed E-state index contributed by atoms with van der Waals surface area (Å²) in [7, 11) is 1.42. The van der Waals surface area contributed by atoms with Gasteiger partial charge in [-0.15, -0.1) is 10.1 Å². The van der Waals surface area contributed by atoms with Crippen molar-refractivity contribution < 1.29 is 14.7 Å². The van der Waals surface area contributed by atoms with Crippen LogP contribution >= 0.6 is 0 Å². The van der Waals surface area contributed by atoms with Crippen LogP contribution in [0, 0.1) is 10.1 Å². The summed E-state index contributed by atoms with van der Waals surface area (Å²) in [6.07, 6.45) is 0. The van der Waals surface area contributed by atoms with Crippen molar-refractivity contribution in [2.24, 2.45) is 0 Å². The summed E-state index contributed by atoms with van der Waals surface area (Å²) in [5, 5.41) is 9.09. The number of hydrogen-bond acceptors (Lipinski definition) is 4. The van der Waals surface area contributed by atoms with Gasteiger partial charge in [0.25, 0.3) is 5.09 Å². The molecule has 0 bridgehead atoms. The molecule has 0 radical (unpaired) electrons. The first-order valence-corrected chi connectivity index (χ1v) is 3.19. The minimum atomic E-state index is -0.877. The fourth-order valence-electron chi connectivity index (χ4n) is 0.775. The van der Waals surface area contributed by atoms with Crippen LogP contribution in [0.2, 0.25) is 0 Å². The second kappa shape index (κ2) is 3.56. The van der Waals surface area contributed by atoms with Gasteiger partial charge in [0.05, 0.1) is 7.11 Å². The van der Waals surface area contributed by atoms with Gasteiger partial charge in [0.2, 0.25) is 0 Å². The van der Waals surface area contributed by atoms with Crippen LogP contribution in [-0.4, -0.2) is 12.2 Å². The van der Waals surface area contributed by atoms with Crippen LogP contribution in [0.3, 0.4) is 0 Å². The number of hydrogen-bond donors (Lipinski definition) is 0. The molecule has 1 rings (SSSR count). The van der Waals surface area contributed by atoms with Crippen molar-refractivity contribution >= 4 is 0 Å². The van der Waals surface area contributed by atoms with Crippen molar-refractivity contribution in [3.05, 3.63) is 34.4 Å². The first-order chi connectivity index (χ1) is 5.74. The Labute approximate surface area is 68.6 Å². The minimum absolute atomic E-state index is 0.102. The zero-order valence-corrected chi connectivity index (χ0v) is 6.39. The van der Waals surface area contributed by atoms with E-state index in [2.05, 4.69) is 4.84 Å². The standard InChI is InChI=1S/C7H7NO4/c1-11-6-4-2-3-5-7(6)12-8(9)10/h2-5H,1H3. The molecule has 0 aliphatic heterocycles. The molecule has 0 saturated heterocycles. The van der Waals surface area contributed by atoms with Crippen LogP contribution in [0.25, 0.3) is 0 Å². The first kappa shape index (κ1) is 8.32. The van der Waals surface area contributed by atoms with Gasteiger partial charge in [-0.2, -0.15) is 0 Å². The van der Waals surface area contributed by atoms with Crippen molar-refractivity contribution in [3.63, 3.8) is 0 Å². The summed E-state index contributed by atoms with van der Waals surface area (Å²) in [6, 6.07) is 6.37. The average molecular weight is 169 g/mol. The molecule has 64 valence electrons. The monoisotopic (exact) mass is 169 g/mol. The Morgan fingerprint density at radius 1 is 1.33 bits per heavy atom. The van der Waals surface area contributed by atoms with Gasteiger partial charge in [-0.3, -0.25) is 4.84 Å². The molecule has 12 heavy (non-hydrogen) atoms. The molecule has 0 heterocycles. The molecule has 0 saturated carbocycles. The van der Waals surface area contributed by atoms with Gasteiger partial charge in [-0.05, 0) is 12.1 Å². The number of methoxy groups -OCH3 is 1. The van der Waals surface area contributed by atoms with E-state index < -0.39 is 5.09 Å². The van der Waals surface area contributed by atoms with Crippen LogP contribution in [0.15, 0.2) is 24.3 Å². The van der Waals surface area contributed by atoms with Crippen LogP contribution in [0.1, 0.15) is 0 Å². The Balaban J connectivity index is 2.89. The van der Waals surface area contributed by atoms with E-state index in [4.69, 9.17) is 4.74 Å². The lowest BCUT2D eigenvalue weighted by atomic mass is 10.3. The lowest BCUT2D eigenvalue weighted by Gasteiger charge is -2.04. The fourth-order valence-corrected chi connectivity index (χ4v) is 0.775. The summed E-state index contributed by atoms with van der Waals surface area (Å²) in [4.78, 5) is 14.2. The number of nitrogens with zero attached hydrogens (tertiary/aromatic N) is 1. The maximum atomic E-state index is 9.96. The number of rotatable bonds is 3. The predicted octanol–water partition coefficient (Wildman–Crippen LogP) is 1.27. The molecule has 5 nitrogen and oxygen atoms in total. The smallest absolute Gasteiger partial charge is 0.299 e. The number of para-hydroxylation sites is 2. The molecule has 0 fully saturated rings. The minimum Gasteiger partial charge on any atom is -0.494 e. The zero-order valence-electron chi connectivity index (χ0n) is 6.39. The van der Waals surface area contributed by atoms with Gasteiger partial charge in [0.1, 0.15) is 5.75 Å². The van der Waals surface area contributed by atoms with E-state index in [1.54, 1.807) is 18.2 Å². The molecule has 0 aromatic heterocycles. The highest BCUT2D eigenvalue weighted by Crippen LogP contribution is 2.25. The number of benzene rings is 1. The zero-order chi connectivity index (χ0) is 8.97. The van der Waals surface area contributed by atoms with Gasteiger partial charge in [0, 0.05) is 0 Å². The molecular formula is C7H7NO4.